The summed E-state index contributed by atoms with van der Waals surface area (Å²) in [6.07, 6.45) is 3.74. The molecule has 9 heteroatoms. The SMILES string of the molecule is N#Cc1nc(-c2ccco2)oc1N1CCN(C(=O)CN2CC(O)(C3CC3)C2)CC1. The van der Waals surface area contributed by atoms with Crippen molar-refractivity contribution >= 4 is 11.8 Å². The molecule has 9 nitrogen and oxygen atoms in total. The van der Waals surface area contributed by atoms with Gasteiger partial charge in [0.1, 0.15) is 6.07 Å². The Kier molecular flexibility index (Phi) is 4.33. The van der Waals surface area contributed by atoms with Gasteiger partial charge in [-0.05, 0) is 30.9 Å². The van der Waals surface area contributed by atoms with Crippen LogP contribution in [0.25, 0.3) is 11.7 Å². The number of aliphatic hydroxyl groups is 1. The number of hydrogen-bond donors (Lipinski definition) is 1. The zero-order valence-electron chi connectivity index (χ0n) is 16.1. The molecule has 0 unspecified atom stereocenters. The molecule has 2 aliphatic heterocycles. The average Bonchev–Trinajstić information content (AvgIpc) is 3.26. The predicted molar refractivity (Wildman–Crippen MR) is 102 cm³/mol. The normalized spacial score (nSPS) is 21.7. The van der Waals surface area contributed by atoms with E-state index in [1.54, 1.807) is 12.1 Å². The number of nitrogens with zero attached hydrogens (tertiary/aromatic N) is 5. The van der Waals surface area contributed by atoms with Crippen molar-refractivity contribution in [3.63, 3.8) is 0 Å². The van der Waals surface area contributed by atoms with E-state index in [2.05, 4.69) is 11.1 Å². The molecule has 0 bridgehead atoms. The topological polar surface area (TPSA) is 110 Å². The molecule has 2 saturated heterocycles. The summed E-state index contributed by atoms with van der Waals surface area (Å²) in [6, 6.07) is 5.54. The second-order valence-electron chi connectivity index (χ2n) is 8.15. The molecule has 1 saturated carbocycles. The highest BCUT2D eigenvalue weighted by Crippen LogP contribution is 2.44. The number of furan rings is 1. The van der Waals surface area contributed by atoms with Gasteiger partial charge in [0.25, 0.3) is 5.89 Å². The molecule has 2 aromatic rings. The Morgan fingerprint density at radius 3 is 2.69 bits per heavy atom. The van der Waals surface area contributed by atoms with Crippen molar-refractivity contribution in [2.45, 2.75) is 18.4 Å². The Morgan fingerprint density at radius 1 is 1.31 bits per heavy atom. The molecule has 3 aliphatic rings. The van der Waals surface area contributed by atoms with Crippen LogP contribution in [0.2, 0.25) is 0 Å². The highest BCUT2D eigenvalue weighted by atomic mass is 16.4. The minimum Gasteiger partial charge on any atom is -0.459 e. The molecule has 2 aromatic heterocycles. The number of rotatable bonds is 5. The van der Waals surface area contributed by atoms with Crippen molar-refractivity contribution in [3.8, 4) is 17.7 Å². The zero-order valence-corrected chi connectivity index (χ0v) is 16.1. The molecule has 4 heterocycles. The number of carbonyl (C=O) groups is 1. The van der Waals surface area contributed by atoms with Gasteiger partial charge >= 0.3 is 0 Å². The monoisotopic (exact) mass is 397 g/mol. The summed E-state index contributed by atoms with van der Waals surface area (Å²) >= 11 is 0. The Balaban J connectivity index is 1.17. The van der Waals surface area contributed by atoms with Crippen LogP contribution in [0.4, 0.5) is 5.88 Å². The number of oxazole rings is 1. The fourth-order valence-corrected chi connectivity index (χ4v) is 4.27. The maximum atomic E-state index is 12.6. The van der Waals surface area contributed by atoms with E-state index in [1.807, 2.05) is 14.7 Å². The molecule has 0 spiro atoms. The number of carbonyl (C=O) groups excluding carboxylic acids is 1. The van der Waals surface area contributed by atoms with Crippen LogP contribution < -0.4 is 4.90 Å². The van der Waals surface area contributed by atoms with Gasteiger partial charge in [0.15, 0.2) is 5.76 Å². The molecular weight excluding hydrogens is 374 g/mol. The van der Waals surface area contributed by atoms with Gasteiger partial charge in [-0.25, -0.2) is 0 Å². The van der Waals surface area contributed by atoms with Gasteiger partial charge in [-0.3, -0.25) is 9.69 Å². The molecule has 1 amide bonds. The summed E-state index contributed by atoms with van der Waals surface area (Å²) in [5, 5.41) is 19.8. The fourth-order valence-electron chi connectivity index (χ4n) is 4.27. The first-order chi connectivity index (χ1) is 14.1. The van der Waals surface area contributed by atoms with Gasteiger partial charge in [0.2, 0.25) is 17.5 Å². The van der Waals surface area contributed by atoms with Crippen LogP contribution in [0.3, 0.4) is 0 Å². The first kappa shape index (κ1) is 18.2. The summed E-state index contributed by atoms with van der Waals surface area (Å²) < 4.78 is 11.1. The van der Waals surface area contributed by atoms with Gasteiger partial charge in [0, 0.05) is 39.3 Å². The van der Waals surface area contributed by atoms with Crippen molar-refractivity contribution in [2.75, 3.05) is 50.7 Å². The number of aromatic nitrogens is 1. The number of anilines is 1. The van der Waals surface area contributed by atoms with Crippen molar-refractivity contribution in [1.29, 1.82) is 5.26 Å². The van der Waals surface area contributed by atoms with Crippen molar-refractivity contribution in [1.82, 2.24) is 14.8 Å². The van der Waals surface area contributed by atoms with Crippen molar-refractivity contribution in [2.24, 2.45) is 5.92 Å². The molecular formula is C20H23N5O4. The van der Waals surface area contributed by atoms with E-state index < -0.39 is 5.60 Å². The van der Waals surface area contributed by atoms with Crippen molar-refractivity contribution < 1.29 is 18.7 Å². The molecule has 5 rings (SSSR count). The standard InChI is InChI=1S/C20H23N5O4/c21-10-15-19(29-18(22-15)16-2-1-9-28-16)25-7-5-24(6-8-25)17(26)11-23-12-20(27,13-23)14-3-4-14/h1-2,9,14,27H,3-8,11-13H2. The van der Waals surface area contributed by atoms with Gasteiger partial charge in [-0.1, -0.05) is 0 Å². The third-order valence-electron chi connectivity index (χ3n) is 6.06. The summed E-state index contributed by atoms with van der Waals surface area (Å²) in [5.41, 5.74) is -0.346. The lowest BCUT2D eigenvalue weighted by Crippen LogP contribution is -2.65. The summed E-state index contributed by atoms with van der Waals surface area (Å²) in [5.74, 6) is 1.68. The molecule has 152 valence electrons. The van der Waals surface area contributed by atoms with Crippen LogP contribution in [0.1, 0.15) is 18.5 Å². The van der Waals surface area contributed by atoms with Crippen LogP contribution in [-0.2, 0) is 4.79 Å². The lowest BCUT2D eigenvalue weighted by molar-refractivity contribution is -0.145. The van der Waals surface area contributed by atoms with Crippen LogP contribution in [0, 0.1) is 17.2 Å². The number of amides is 1. The van der Waals surface area contributed by atoms with Crippen LogP contribution in [-0.4, -0.2) is 77.2 Å². The third-order valence-corrected chi connectivity index (χ3v) is 6.06. The van der Waals surface area contributed by atoms with E-state index in [9.17, 15) is 15.2 Å². The first-order valence-corrected chi connectivity index (χ1v) is 9.98. The molecule has 0 radical (unpaired) electrons. The largest absolute Gasteiger partial charge is 0.459 e. The van der Waals surface area contributed by atoms with Crippen molar-refractivity contribution in [3.05, 3.63) is 24.1 Å². The Bertz CT molecular complexity index is 929. The molecule has 0 aromatic carbocycles. The van der Waals surface area contributed by atoms with E-state index >= 15 is 0 Å². The zero-order chi connectivity index (χ0) is 20.0. The lowest BCUT2D eigenvalue weighted by atomic mass is 9.89. The van der Waals surface area contributed by atoms with E-state index in [0.29, 0.717) is 63.4 Å². The Labute approximate surface area is 168 Å². The number of likely N-dealkylation sites (tertiary alicyclic amines) is 1. The quantitative estimate of drug-likeness (QED) is 0.793. The summed E-state index contributed by atoms with van der Waals surface area (Å²) in [4.78, 5) is 22.6. The predicted octanol–water partition coefficient (Wildman–Crippen LogP) is 0.912. The van der Waals surface area contributed by atoms with E-state index in [-0.39, 0.29) is 17.5 Å². The van der Waals surface area contributed by atoms with Crippen LogP contribution in [0.15, 0.2) is 27.2 Å². The Morgan fingerprint density at radius 2 is 2.07 bits per heavy atom. The van der Waals surface area contributed by atoms with E-state index in [0.717, 1.165) is 12.8 Å². The second-order valence-corrected chi connectivity index (χ2v) is 8.15. The molecule has 29 heavy (non-hydrogen) atoms. The maximum Gasteiger partial charge on any atom is 0.266 e. The van der Waals surface area contributed by atoms with Crippen LogP contribution >= 0.6 is 0 Å². The van der Waals surface area contributed by atoms with Gasteiger partial charge < -0.3 is 23.7 Å². The summed E-state index contributed by atoms with van der Waals surface area (Å²) in [6.45, 7) is 3.80. The molecule has 1 aliphatic carbocycles. The highest BCUT2D eigenvalue weighted by Gasteiger charge is 2.52. The molecule has 1 N–H and O–H groups in total. The lowest BCUT2D eigenvalue weighted by Gasteiger charge is -2.47. The minimum absolute atomic E-state index is 0.0804. The molecule has 3 fully saturated rings. The average molecular weight is 397 g/mol. The van der Waals surface area contributed by atoms with Gasteiger partial charge in [0.05, 0.1) is 18.4 Å². The second kappa shape index (κ2) is 6.90. The smallest absolute Gasteiger partial charge is 0.266 e. The van der Waals surface area contributed by atoms with E-state index in [1.165, 1.54) is 6.26 Å². The van der Waals surface area contributed by atoms with Gasteiger partial charge in [-0.2, -0.15) is 10.2 Å². The van der Waals surface area contributed by atoms with Crippen LogP contribution in [0.5, 0.6) is 0 Å². The number of hydrogen-bond acceptors (Lipinski definition) is 8. The Hall–Kier alpha value is -2.83. The fraction of sp³-hybridized carbons (Fsp3) is 0.550. The van der Waals surface area contributed by atoms with E-state index in [4.69, 9.17) is 8.83 Å². The van der Waals surface area contributed by atoms with Gasteiger partial charge in [-0.15, -0.1) is 0 Å². The number of nitriles is 1. The first-order valence-electron chi connectivity index (χ1n) is 9.98. The number of piperazine rings is 1. The maximum absolute atomic E-state index is 12.6. The highest BCUT2D eigenvalue weighted by molar-refractivity contribution is 5.78. The summed E-state index contributed by atoms with van der Waals surface area (Å²) in [7, 11) is 0. The minimum atomic E-state index is -0.565. The number of β-amino-alcohol motifs (C(OH)–C–C–N with tert-alkyl or cyclic N) is 1. The molecule has 0 atom stereocenters. The third kappa shape index (κ3) is 3.39.